The molecule has 4 heterocycles. The summed E-state index contributed by atoms with van der Waals surface area (Å²) in [5.41, 5.74) is 1.65. The summed E-state index contributed by atoms with van der Waals surface area (Å²) in [5.74, 6) is -0.0103. The maximum absolute atomic E-state index is 12.3. The van der Waals surface area contributed by atoms with E-state index in [1.807, 2.05) is 30.3 Å². The van der Waals surface area contributed by atoms with Crippen molar-refractivity contribution in [3.63, 3.8) is 0 Å². The number of hydrogen-bond donors (Lipinski definition) is 2. The number of rotatable bonds is 3. The second kappa shape index (κ2) is 5.16. The van der Waals surface area contributed by atoms with E-state index in [-0.39, 0.29) is 5.91 Å². The first kappa shape index (κ1) is 12.9. The lowest BCUT2D eigenvalue weighted by molar-refractivity contribution is 0.0138. The Labute approximate surface area is 123 Å². The average molecular weight is 284 g/mol. The number of amides is 1. The molecule has 0 spiro atoms. The van der Waals surface area contributed by atoms with E-state index >= 15 is 0 Å². The molecular weight excluding hydrogens is 264 g/mol. The van der Waals surface area contributed by atoms with Gasteiger partial charge in [0.1, 0.15) is 5.69 Å². The van der Waals surface area contributed by atoms with Gasteiger partial charge in [-0.05, 0) is 12.1 Å². The number of para-hydroxylation sites is 1. The number of carbonyl (C=O) groups excluding carboxylic acids is 1. The Kier molecular flexibility index (Phi) is 3.16. The Hall–Kier alpha value is -1.85. The normalized spacial score (nSPS) is 27.9. The number of nitrogens with zero attached hydrogens (tertiary/aromatic N) is 2. The SMILES string of the molecule is O=C(NCC1CN2CCN1CC2)c1cc2ccccc2[nH]1. The van der Waals surface area contributed by atoms with Crippen molar-refractivity contribution in [2.24, 2.45) is 0 Å². The molecule has 1 amide bonds. The summed E-state index contributed by atoms with van der Waals surface area (Å²) in [6.45, 7) is 6.41. The van der Waals surface area contributed by atoms with Crippen LogP contribution < -0.4 is 5.32 Å². The lowest BCUT2D eigenvalue weighted by atomic mass is 10.1. The van der Waals surface area contributed by atoms with Crippen molar-refractivity contribution in [1.29, 1.82) is 0 Å². The van der Waals surface area contributed by atoms with Crippen molar-refractivity contribution in [2.75, 3.05) is 39.3 Å². The maximum Gasteiger partial charge on any atom is 0.267 e. The third-order valence-corrected chi connectivity index (χ3v) is 4.67. The molecule has 3 aliphatic heterocycles. The summed E-state index contributed by atoms with van der Waals surface area (Å²) in [4.78, 5) is 20.4. The fourth-order valence-corrected chi connectivity index (χ4v) is 3.42. The Bertz CT molecular complexity index is 624. The van der Waals surface area contributed by atoms with E-state index in [1.165, 1.54) is 13.1 Å². The van der Waals surface area contributed by atoms with Gasteiger partial charge in [-0.3, -0.25) is 14.6 Å². The van der Waals surface area contributed by atoms with E-state index in [0.29, 0.717) is 11.7 Å². The van der Waals surface area contributed by atoms with Gasteiger partial charge in [0.05, 0.1) is 0 Å². The molecule has 2 N–H and O–H groups in total. The molecule has 0 radical (unpaired) electrons. The molecule has 2 aromatic rings. The second-order valence-corrected chi connectivity index (χ2v) is 5.97. The quantitative estimate of drug-likeness (QED) is 0.880. The van der Waals surface area contributed by atoms with Crippen molar-refractivity contribution in [2.45, 2.75) is 6.04 Å². The van der Waals surface area contributed by atoms with Gasteiger partial charge in [-0.1, -0.05) is 18.2 Å². The number of nitrogens with one attached hydrogen (secondary N) is 2. The highest BCUT2D eigenvalue weighted by Crippen LogP contribution is 2.16. The molecule has 5 nitrogen and oxygen atoms in total. The van der Waals surface area contributed by atoms with E-state index in [4.69, 9.17) is 0 Å². The fraction of sp³-hybridized carbons (Fsp3) is 0.438. The standard InChI is InChI=1S/C16H20N4O/c21-16(15-9-12-3-1-2-4-14(12)18-15)17-10-13-11-19-5-7-20(13)8-6-19/h1-4,9,13,18H,5-8,10-11H2,(H,17,21). The van der Waals surface area contributed by atoms with Gasteiger partial charge in [0, 0.05) is 56.2 Å². The minimum absolute atomic E-state index is 0.0103. The van der Waals surface area contributed by atoms with Gasteiger partial charge in [-0.25, -0.2) is 0 Å². The largest absolute Gasteiger partial charge is 0.351 e. The third kappa shape index (κ3) is 2.43. The first-order valence-electron chi connectivity index (χ1n) is 7.62. The Morgan fingerprint density at radius 2 is 2.05 bits per heavy atom. The van der Waals surface area contributed by atoms with Gasteiger partial charge < -0.3 is 10.3 Å². The minimum Gasteiger partial charge on any atom is -0.351 e. The van der Waals surface area contributed by atoms with Crippen molar-refractivity contribution in [3.05, 3.63) is 36.0 Å². The van der Waals surface area contributed by atoms with Crippen LogP contribution in [0.2, 0.25) is 0 Å². The zero-order valence-electron chi connectivity index (χ0n) is 12.0. The number of benzene rings is 1. The number of aromatic amines is 1. The highest BCUT2D eigenvalue weighted by molar-refractivity contribution is 5.97. The summed E-state index contributed by atoms with van der Waals surface area (Å²) in [5, 5.41) is 4.15. The smallest absolute Gasteiger partial charge is 0.267 e. The van der Waals surface area contributed by atoms with Gasteiger partial charge in [-0.15, -0.1) is 0 Å². The van der Waals surface area contributed by atoms with Crippen LogP contribution in [0, 0.1) is 0 Å². The van der Waals surface area contributed by atoms with Crippen LogP contribution in [0.1, 0.15) is 10.5 Å². The van der Waals surface area contributed by atoms with Crippen LogP contribution in [0.3, 0.4) is 0 Å². The fourth-order valence-electron chi connectivity index (χ4n) is 3.42. The Balaban J connectivity index is 1.41. The van der Waals surface area contributed by atoms with Crippen molar-refractivity contribution in [3.8, 4) is 0 Å². The molecule has 5 rings (SSSR count). The van der Waals surface area contributed by atoms with Crippen LogP contribution in [0.4, 0.5) is 0 Å². The van der Waals surface area contributed by atoms with Gasteiger partial charge in [-0.2, -0.15) is 0 Å². The number of H-pyrrole nitrogens is 1. The lowest BCUT2D eigenvalue weighted by Crippen LogP contribution is -2.63. The first-order chi connectivity index (χ1) is 10.3. The molecule has 3 aliphatic rings. The van der Waals surface area contributed by atoms with Gasteiger partial charge in [0.25, 0.3) is 5.91 Å². The molecule has 3 fully saturated rings. The van der Waals surface area contributed by atoms with Crippen LogP contribution >= 0.6 is 0 Å². The van der Waals surface area contributed by atoms with Crippen LogP contribution in [-0.2, 0) is 0 Å². The van der Waals surface area contributed by atoms with Crippen LogP contribution in [0.25, 0.3) is 10.9 Å². The van der Waals surface area contributed by atoms with E-state index in [0.717, 1.165) is 37.1 Å². The molecule has 21 heavy (non-hydrogen) atoms. The molecule has 1 unspecified atom stereocenters. The summed E-state index contributed by atoms with van der Waals surface area (Å²) in [6.07, 6.45) is 0. The predicted molar refractivity (Wildman–Crippen MR) is 82.4 cm³/mol. The lowest BCUT2D eigenvalue weighted by Gasteiger charge is -2.47. The minimum atomic E-state index is -0.0103. The van der Waals surface area contributed by atoms with E-state index < -0.39 is 0 Å². The van der Waals surface area contributed by atoms with Crippen molar-refractivity contribution in [1.82, 2.24) is 20.1 Å². The van der Waals surface area contributed by atoms with Gasteiger partial charge >= 0.3 is 0 Å². The van der Waals surface area contributed by atoms with Gasteiger partial charge in [0.2, 0.25) is 0 Å². The number of hydrogen-bond acceptors (Lipinski definition) is 3. The highest BCUT2D eigenvalue weighted by atomic mass is 16.1. The number of piperazine rings is 3. The van der Waals surface area contributed by atoms with E-state index in [2.05, 4.69) is 20.1 Å². The summed E-state index contributed by atoms with van der Waals surface area (Å²) in [7, 11) is 0. The Morgan fingerprint density at radius 3 is 2.76 bits per heavy atom. The topological polar surface area (TPSA) is 51.4 Å². The van der Waals surface area contributed by atoms with Crippen LogP contribution in [-0.4, -0.2) is 66.0 Å². The molecule has 5 heteroatoms. The average Bonchev–Trinajstić information content (AvgIpc) is 2.98. The van der Waals surface area contributed by atoms with Crippen molar-refractivity contribution < 1.29 is 4.79 Å². The number of carbonyl (C=O) groups is 1. The number of fused-ring (bicyclic) bond motifs is 4. The molecule has 1 aromatic carbocycles. The number of aromatic nitrogens is 1. The molecule has 0 aliphatic carbocycles. The molecule has 1 atom stereocenters. The summed E-state index contributed by atoms with van der Waals surface area (Å²) < 4.78 is 0. The molecular formula is C16H20N4O. The zero-order valence-corrected chi connectivity index (χ0v) is 12.0. The highest BCUT2D eigenvalue weighted by Gasteiger charge is 2.31. The molecule has 3 saturated heterocycles. The zero-order chi connectivity index (χ0) is 14.2. The maximum atomic E-state index is 12.3. The molecule has 110 valence electrons. The monoisotopic (exact) mass is 284 g/mol. The van der Waals surface area contributed by atoms with Crippen LogP contribution in [0.5, 0.6) is 0 Å². The molecule has 1 aromatic heterocycles. The molecule has 2 bridgehead atoms. The van der Waals surface area contributed by atoms with E-state index in [1.54, 1.807) is 0 Å². The summed E-state index contributed by atoms with van der Waals surface area (Å²) >= 11 is 0. The van der Waals surface area contributed by atoms with Crippen molar-refractivity contribution >= 4 is 16.8 Å². The van der Waals surface area contributed by atoms with E-state index in [9.17, 15) is 4.79 Å². The summed E-state index contributed by atoms with van der Waals surface area (Å²) in [6, 6.07) is 10.3. The first-order valence-corrected chi connectivity index (χ1v) is 7.62. The predicted octanol–water partition coefficient (Wildman–Crippen LogP) is 0.897. The second-order valence-electron chi connectivity index (χ2n) is 5.97. The Morgan fingerprint density at radius 1 is 1.24 bits per heavy atom. The molecule has 0 saturated carbocycles. The van der Waals surface area contributed by atoms with Gasteiger partial charge in [0.15, 0.2) is 0 Å². The third-order valence-electron chi connectivity index (χ3n) is 4.67. The van der Waals surface area contributed by atoms with Crippen LogP contribution in [0.15, 0.2) is 30.3 Å².